The summed E-state index contributed by atoms with van der Waals surface area (Å²) in [7, 11) is 1.72. The zero-order valence-electron chi connectivity index (χ0n) is 4.68. The Morgan fingerprint density at radius 1 is 1.71 bits per heavy atom. The van der Waals surface area contributed by atoms with Crippen LogP contribution in [0.3, 0.4) is 0 Å². The quantitative estimate of drug-likeness (QED) is 0.506. The summed E-state index contributed by atoms with van der Waals surface area (Å²) in [6.07, 6.45) is 2.91. The van der Waals surface area contributed by atoms with Crippen LogP contribution < -0.4 is 0 Å². The van der Waals surface area contributed by atoms with Crippen LogP contribution in [0.2, 0.25) is 0 Å². The molecule has 1 aliphatic rings. The third kappa shape index (κ3) is 1.16. The molecule has 1 rings (SSSR count). The van der Waals surface area contributed by atoms with E-state index in [1.165, 1.54) is 12.8 Å². The van der Waals surface area contributed by atoms with E-state index < -0.39 is 0 Å². The fourth-order valence-electron chi connectivity index (χ4n) is 0.660. The third-order valence-corrected chi connectivity index (χ3v) is 1.45. The molecule has 1 radical (unpaired) electrons. The van der Waals surface area contributed by atoms with Gasteiger partial charge in [0.15, 0.2) is 0 Å². The van der Waals surface area contributed by atoms with Gasteiger partial charge in [-0.2, -0.15) is 0 Å². The van der Waals surface area contributed by atoms with Crippen molar-refractivity contribution in [3.8, 4) is 0 Å². The molecule has 0 aromatic rings. The largest absolute Gasteiger partial charge is 0.381 e. The fraction of sp³-hybridized carbons (Fsp3) is 0.833. The first-order chi connectivity index (χ1) is 3.34. The molecule has 1 aliphatic carbocycles. The van der Waals surface area contributed by atoms with Gasteiger partial charge in [-0.05, 0) is 25.7 Å². The lowest BCUT2D eigenvalue weighted by molar-refractivity contribution is 0.121. The first-order valence-corrected chi connectivity index (χ1v) is 2.70. The molecule has 0 bridgehead atoms. The average molecular weight is 99.2 g/mol. The van der Waals surface area contributed by atoms with Gasteiger partial charge in [-0.1, -0.05) is 0 Å². The van der Waals surface area contributed by atoms with E-state index in [2.05, 4.69) is 6.92 Å². The van der Waals surface area contributed by atoms with Gasteiger partial charge in [0, 0.05) is 7.11 Å². The molecule has 0 aliphatic heterocycles. The Morgan fingerprint density at radius 3 is 2.43 bits per heavy atom. The summed E-state index contributed by atoms with van der Waals surface area (Å²) >= 11 is 0. The summed E-state index contributed by atoms with van der Waals surface area (Å²) in [6.45, 7) is 3.80. The molecule has 1 unspecified atom stereocenters. The van der Waals surface area contributed by atoms with Crippen LogP contribution in [0.5, 0.6) is 0 Å². The Hall–Kier alpha value is -0.0400. The maximum atomic E-state index is 4.96. The van der Waals surface area contributed by atoms with E-state index in [1.54, 1.807) is 7.11 Å². The van der Waals surface area contributed by atoms with Crippen LogP contribution in [0.15, 0.2) is 0 Å². The second kappa shape index (κ2) is 1.83. The highest BCUT2D eigenvalue weighted by Crippen LogP contribution is 2.33. The predicted octanol–water partition coefficient (Wildman–Crippen LogP) is 1.25. The molecule has 0 N–H and O–H groups in total. The van der Waals surface area contributed by atoms with Gasteiger partial charge in [0.1, 0.15) is 0 Å². The molecule has 0 spiro atoms. The minimum atomic E-state index is 0.264. The Labute approximate surface area is 44.7 Å². The first kappa shape index (κ1) is 5.10. The van der Waals surface area contributed by atoms with Crippen LogP contribution >= 0.6 is 0 Å². The lowest BCUT2D eigenvalue weighted by atomic mass is 10.3. The number of methoxy groups -OCH3 is 1. The second-order valence-electron chi connectivity index (χ2n) is 2.11. The minimum Gasteiger partial charge on any atom is -0.381 e. The van der Waals surface area contributed by atoms with E-state index in [0.717, 1.165) is 5.92 Å². The van der Waals surface area contributed by atoms with Crippen molar-refractivity contribution >= 4 is 0 Å². The smallest absolute Gasteiger partial charge is 0.0600 e. The van der Waals surface area contributed by atoms with E-state index in [9.17, 15) is 0 Å². The SMILES string of the molecule is [CH2]C(OC)C1CC1. The van der Waals surface area contributed by atoms with Crippen molar-refractivity contribution in [1.82, 2.24) is 0 Å². The van der Waals surface area contributed by atoms with Gasteiger partial charge in [0.2, 0.25) is 0 Å². The van der Waals surface area contributed by atoms with Gasteiger partial charge >= 0.3 is 0 Å². The van der Waals surface area contributed by atoms with Crippen molar-refractivity contribution in [2.75, 3.05) is 7.11 Å². The normalized spacial score (nSPS) is 24.9. The first-order valence-electron chi connectivity index (χ1n) is 2.70. The molecule has 1 atom stereocenters. The molecular formula is C6H11O. The van der Waals surface area contributed by atoms with Crippen LogP contribution in [0.1, 0.15) is 12.8 Å². The number of rotatable bonds is 2. The van der Waals surface area contributed by atoms with E-state index in [4.69, 9.17) is 4.74 Å². The molecule has 1 saturated carbocycles. The molecule has 0 saturated heterocycles. The van der Waals surface area contributed by atoms with Gasteiger partial charge in [-0.3, -0.25) is 0 Å². The molecule has 41 valence electrons. The van der Waals surface area contributed by atoms with E-state index in [0.29, 0.717) is 0 Å². The van der Waals surface area contributed by atoms with Crippen LogP contribution in [0.25, 0.3) is 0 Å². The van der Waals surface area contributed by atoms with Crippen LogP contribution in [-0.4, -0.2) is 13.2 Å². The zero-order valence-corrected chi connectivity index (χ0v) is 4.68. The molecule has 0 aromatic heterocycles. The maximum Gasteiger partial charge on any atom is 0.0600 e. The summed E-state index contributed by atoms with van der Waals surface area (Å²) in [4.78, 5) is 0. The van der Waals surface area contributed by atoms with Crippen molar-refractivity contribution in [2.24, 2.45) is 5.92 Å². The van der Waals surface area contributed by atoms with Gasteiger partial charge in [0.05, 0.1) is 6.10 Å². The predicted molar refractivity (Wildman–Crippen MR) is 28.9 cm³/mol. The van der Waals surface area contributed by atoms with E-state index >= 15 is 0 Å². The third-order valence-electron chi connectivity index (χ3n) is 1.45. The summed E-state index contributed by atoms with van der Waals surface area (Å²) in [5.41, 5.74) is 0. The van der Waals surface area contributed by atoms with E-state index in [-0.39, 0.29) is 6.10 Å². The standard InChI is InChI=1S/C6H11O/c1-5(7-2)6-3-4-6/h5-6H,1,3-4H2,2H3. The summed E-state index contributed by atoms with van der Waals surface area (Å²) in [6, 6.07) is 0. The van der Waals surface area contributed by atoms with Gasteiger partial charge < -0.3 is 4.74 Å². The second-order valence-corrected chi connectivity index (χ2v) is 2.11. The van der Waals surface area contributed by atoms with Crippen LogP contribution in [0, 0.1) is 12.8 Å². The lowest BCUT2D eigenvalue weighted by Gasteiger charge is -2.03. The topological polar surface area (TPSA) is 9.23 Å². The molecule has 7 heavy (non-hydrogen) atoms. The van der Waals surface area contributed by atoms with E-state index in [1.807, 2.05) is 0 Å². The zero-order chi connectivity index (χ0) is 5.28. The molecule has 0 amide bonds. The monoisotopic (exact) mass is 99.1 g/mol. The van der Waals surface area contributed by atoms with Crippen molar-refractivity contribution in [3.63, 3.8) is 0 Å². The van der Waals surface area contributed by atoms with Gasteiger partial charge in [-0.25, -0.2) is 0 Å². The molecule has 1 heteroatoms. The number of hydrogen-bond donors (Lipinski definition) is 0. The van der Waals surface area contributed by atoms with Crippen molar-refractivity contribution < 1.29 is 4.74 Å². The van der Waals surface area contributed by atoms with Crippen molar-refractivity contribution in [2.45, 2.75) is 18.9 Å². The van der Waals surface area contributed by atoms with Crippen molar-refractivity contribution in [3.05, 3.63) is 6.92 Å². The van der Waals surface area contributed by atoms with Crippen LogP contribution in [-0.2, 0) is 4.74 Å². The highest BCUT2D eigenvalue weighted by molar-refractivity contribution is 4.82. The molecular weight excluding hydrogens is 88.1 g/mol. The fourth-order valence-corrected chi connectivity index (χ4v) is 0.660. The average Bonchev–Trinajstić information content (AvgIpc) is 2.44. The Bertz CT molecular complexity index is 57.2. The Kier molecular flexibility index (Phi) is 1.33. The summed E-state index contributed by atoms with van der Waals surface area (Å²) < 4.78 is 4.96. The number of ether oxygens (including phenoxy) is 1. The lowest BCUT2D eigenvalue weighted by Crippen LogP contribution is -2.06. The van der Waals surface area contributed by atoms with Crippen molar-refractivity contribution in [1.29, 1.82) is 0 Å². The molecule has 1 fully saturated rings. The molecule has 0 heterocycles. The number of hydrogen-bond acceptors (Lipinski definition) is 1. The minimum absolute atomic E-state index is 0.264. The summed E-state index contributed by atoms with van der Waals surface area (Å²) in [5.74, 6) is 0.782. The van der Waals surface area contributed by atoms with Gasteiger partial charge in [0.25, 0.3) is 0 Å². The maximum absolute atomic E-state index is 4.96. The van der Waals surface area contributed by atoms with Crippen LogP contribution in [0.4, 0.5) is 0 Å². The molecule has 1 nitrogen and oxygen atoms in total. The summed E-state index contributed by atoms with van der Waals surface area (Å²) in [5, 5.41) is 0. The highest BCUT2D eigenvalue weighted by Gasteiger charge is 2.27. The Balaban J connectivity index is 2.10. The highest BCUT2D eigenvalue weighted by atomic mass is 16.5. The van der Waals surface area contributed by atoms with Gasteiger partial charge in [-0.15, -0.1) is 0 Å². The molecule has 0 aromatic carbocycles. The Morgan fingerprint density at radius 2 is 2.29 bits per heavy atom.